The first kappa shape index (κ1) is 48.4. The van der Waals surface area contributed by atoms with Gasteiger partial charge in [-0.05, 0) is 93.8 Å². The molecule has 0 bridgehead atoms. The van der Waals surface area contributed by atoms with Gasteiger partial charge in [-0.15, -0.1) is 5.11 Å². The van der Waals surface area contributed by atoms with Crippen LogP contribution >= 0.6 is 11.6 Å². The number of hydrogen-bond acceptors (Lipinski definition) is 14. The number of aromatic amines is 1. The van der Waals surface area contributed by atoms with Gasteiger partial charge in [0.25, 0.3) is 5.56 Å². The van der Waals surface area contributed by atoms with E-state index >= 15 is 0 Å². The minimum atomic E-state index is -3.79. The molecular weight excluding hydrogens is 884 g/mol. The van der Waals surface area contributed by atoms with Gasteiger partial charge in [-0.25, -0.2) is 31.0 Å². The second-order valence-corrected chi connectivity index (χ2v) is 15.9. The van der Waals surface area contributed by atoms with Gasteiger partial charge in [0.15, 0.2) is 5.69 Å². The third-order valence-corrected chi connectivity index (χ3v) is 11.0. The third-order valence-electron chi connectivity index (χ3n) is 7.90. The number of nitrogens with one attached hydrogen (secondary N) is 3. The summed E-state index contributed by atoms with van der Waals surface area (Å²) in [5, 5.41) is 67.5. The van der Waals surface area contributed by atoms with Crippen molar-refractivity contribution in [1.82, 2.24) is 19.2 Å². The number of fused-ring (bicyclic) bond motifs is 1. The zero-order valence-electron chi connectivity index (χ0n) is 31.5. The molecule has 0 atom stereocenters. The summed E-state index contributed by atoms with van der Waals surface area (Å²) in [5.74, 6) is -2.03. The molecule has 1 aromatic heterocycles. The largest absolute Gasteiger partial charge is 3.00 e. The normalized spacial score (nSPS) is 11.9. The summed E-state index contributed by atoms with van der Waals surface area (Å²) in [4.78, 5) is 16.2. The number of sulfonamides is 2. The molecule has 23 heteroatoms. The van der Waals surface area contributed by atoms with Crippen LogP contribution in [0.1, 0.15) is 12.6 Å². The Balaban J connectivity index is 0.000000305. The molecule has 0 aliphatic rings. The fourth-order valence-corrected chi connectivity index (χ4v) is 6.67. The number of aromatic nitrogens is 2. The van der Waals surface area contributed by atoms with E-state index in [2.05, 4.69) is 40.0 Å². The van der Waals surface area contributed by atoms with Crippen LogP contribution in [-0.2, 0) is 36.8 Å². The van der Waals surface area contributed by atoms with E-state index in [0.717, 1.165) is 30.3 Å². The molecule has 0 aliphatic carbocycles. The van der Waals surface area contributed by atoms with Gasteiger partial charge in [0.1, 0.15) is 0 Å². The third kappa shape index (κ3) is 11.4. The van der Waals surface area contributed by atoms with Crippen LogP contribution in [0.2, 0.25) is 5.02 Å². The number of nitrogens with zero attached hydrogens (tertiary/aromatic N) is 6. The SMILES string of the molecule is CNS(=O)(=O)c1ccc([O-])c(N=Nc2c(C)[nH]n(-c3ccc(Cl)cc3)c2=O)c1.CNS(=O)(=O)c1ccc([O-])c(N=Nc2c([O-])ccc3cccc(N=C(C)[O-])c23)c1.[Co+3].[Na+]. The van der Waals surface area contributed by atoms with Crippen LogP contribution in [0.3, 0.4) is 0 Å². The number of hydrogen-bond donors (Lipinski definition) is 3. The minimum Gasteiger partial charge on any atom is -0.871 e. The Morgan fingerprint density at radius 1 is 0.712 bits per heavy atom. The van der Waals surface area contributed by atoms with Gasteiger partial charge in [-0.2, -0.15) is 15.3 Å². The quantitative estimate of drug-likeness (QED) is 0.0771. The Morgan fingerprint density at radius 3 is 1.73 bits per heavy atom. The van der Waals surface area contributed by atoms with Crippen molar-refractivity contribution in [2.45, 2.75) is 23.6 Å². The maximum Gasteiger partial charge on any atom is 3.00 e. The molecule has 0 radical (unpaired) electrons. The fraction of sp³-hybridized carbons (Fsp3) is 0.111. The van der Waals surface area contributed by atoms with Crippen molar-refractivity contribution in [3.8, 4) is 22.9 Å². The van der Waals surface area contributed by atoms with Gasteiger partial charge in [-0.3, -0.25) is 14.9 Å². The molecule has 0 aliphatic heterocycles. The van der Waals surface area contributed by atoms with Gasteiger partial charge in [-0.1, -0.05) is 65.2 Å². The van der Waals surface area contributed by atoms with Crippen molar-refractivity contribution in [3.63, 3.8) is 0 Å². The van der Waals surface area contributed by atoms with Crippen molar-refractivity contribution >= 4 is 76.8 Å². The summed E-state index contributed by atoms with van der Waals surface area (Å²) in [7, 11) is -5.04. The number of benzene rings is 5. The summed E-state index contributed by atoms with van der Waals surface area (Å²) >= 11 is 5.86. The molecule has 0 unspecified atom stereocenters. The molecule has 0 saturated heterocycles. The number of aryl methyl sites for hydroxylation is 1. The average Bonchev–Trinajstić information content (AvgIpc) is 3.46. The maximum absolute atomic E-state index is 12.6. The summed E-state index contributed by atoms with van der Waals surface area (Å²) < 4.78 is 53.2. The second-order valence-electron chi connectivity index (χ2n) is 11.7. The van der Waals surface area contributed by atoms with Crippen LogP contribution in [0.4, 0.5) is 28.4 Å². The smallest absolute Gasteiger partial charge is 0.871 e. The number of halogens is 1. The standard InChI is InChI=1S/C19H18N4O5S.C17H16ClN5O4S.Co.Na/c1-11(24)21-14-5-3-4-12-6-8-17(26)19(18(12)14)23-22-15-10-13(7-9-16(15)25)29(27,28)20-2;1-10-16(17(25)23(22-10)12-5-3-11(18)4-6-12)21-20-14-9-13(7-8-15(14)24)28(26,27)19-2;;/h3-10,20,25-26H,1-2H3,(H,21,24);3-9,19,22,24H,1-2H3;;/q;;+3;+1/p-4. The van der Waals surface area contributed by atoms with Crippen LogP contribution in [0, 0.1) is 6.92 Å². The second kappa shape index (κ2) is 20.3. The number of H-pyrrole nitrogens is 1. The van der Waals surface area contributed by atoms with E-state index < -0.39 is 48.8 Å². The van der Waals surface area contributed by atoms with Crippen LogP contribution in [0.15, 0.2) is 131 Å². The predicted octanol–water partition coefficient (Wildman–Crippen LogP) is 1.25. The van der Waals surface area contributed by atoms with Gasteiger partial charge in [0, 0.05) is 10.4 Å². The zero-order valence-corrected chi connectivity index (χ0v) is 37.0. The summed E-state index contributed by atoms with van der Waals surface area (Å²) in [6.45, 7) is 2.90. The Hall–Kier alpha value is -4.94. The minimum absolute atomic E-state index is 0. The molecule has 302 valence electrons. The summed E-state index contributed by atoms with van der Waals surface area (Å²) in [6.07, 6.45) is 0. The van der Waals surface area contributed by atoms with Gasteiger partial charge in [0.05, 0.1) is 43.9 Å². The van der Waals surface area contributed by atoms with E-state index in [1.165, 1.54) is 37.8 Å². The first-order chi connectivity index (χ1) is 26.9. The molecule has 59 heavy (non-hydrogen) atoms. The molecule has 0 saturated carbocycles. The first-order valence-corrected chi connectivity index (χ1v) is 19.7. The van der Waals surface area contributed by atoms with E-state index in [0.29, 0.717) is 27.2 Å². The summed E-state index contributed by atoms with van der Waals surface area (Å²) in [6, 6.07) is 21.0. The Bertz CT molecular complexity index is 2870. The van der Waals surface area contributed by atoms with Crippen molar-refractivity contribution in [3.05, 3.63) is 112 Å². The van der Waals surface area contributed by atoms with Crippen LogP contribution in [0.5, 0.6) is 17.2 Å². The molecule has 6 aromatic rings. The van der Waals surface area contributed by atoms with Gasteiger partial charge < -0.3 is 20.4 Å². The number of azo groups is 2. The number of aliphatic imine (C=N–C) groups is 1. The Morgan fingerprint density at radius 2 is 1.22 bits per heavy atom. The van der Waals surface area contributed by atoms with Crippen LogP contribution in [0.25, 0.3) is 16.5 Å². The molecule has 1 heterocycles. The monoisotopic (exact) mass is 913 g/mol. The molecule has 6 rings (SSSR count). The van der Waals surface area contributed by atoms with Crippen molar-refractivity contribution < 1.29 is 83.6 Å². The van der Waals surface area contributed by atoms with Gasteiger partial charge in [0.2, 0.25) is 20.0 Å². The molecular formula is C36H30ClCoN9NaO9S2. The zero-order chi connectivity index (χ0) is 41.7. The van der Waals surface area contributed by atoms with Crippen molar-refractivity contribution in [2.75, 3.05) is 14.1 Å². The van der Waals surface area contributed by atoms with Crippen LogP contribution < -0.4 is 65.0 Å². The molecule has 0 spiro atoms. The van der Waals surface area contributed by atoms with Crippen LogP contribution in [-0.4, -0.2) is 46.6 Å². The maximum atomic E-state index is 12.6. The molecule has 5 aromatic carbocycles. The van der Waals surface area contributed by atoms with E-state index in [4.69, 9.17) is 11.6 Å². The molecule has 18 nitrogen and oxygen atoms in total. The number of rotatable bonds is 10. The average molecular weight is 914 g/mol. The molecule has 3 N–H and O–H groups in total. The topological polar surface area (TPSA) is 284 Å². The van der Waals surface area contributed by atoms with Crippen molar-refractivity contribution in [2.24, 2.45) is 25.4 Å². The fourth-order valence-electron chi connectivity index (χ4n) is 5.04. The van der Waals surface area contributed by atoms with E-state index in [1.54, 1.807) is 55.5 Å². The van der Waals surface area contributed by atoms with E-state index in [9.17, 15) is 42.1 Å². The molecule has 0 amide bonds. The van der Waals surface area contributed by atoms with Crippen molar-refractivity contribution in [1.29, 1.82) is 0 Å². The Labute approximate surface area is 375 Å². The van der Waals surface area contributed by atoms with Gasteiger partial charge >= 0.3 is 46.3 Å². The summed E-state index contributed by atoms with van der Waals surface area (Å²) in [5.41, 5.74) is 0.181. The first-order valence-electron chi connectivity index (χ1n) is 16.3. The molecule has 0 fully saturated rings. The predicted molar refractivity (Wildman–Crippen MR) is 205 cm³/mol. The Kier molecular flexibility index (Phi) is 16.7. The van der Waals surface area contributed by atoms with E-state index in [-0.39, 0.29) is 84.6 Å². The van der Waals surface area contributed by atoms with E-state index in [1.807, 2.05) is 0 Å².